The van der Waals surface area contributed by atoms with E-state index in [1.807, 2.05) is 12.1 Å². The molecule has 20 heavy (non-hydrogen) atoms. The van der Waals surface area contributed by atoms with Crippen molar-refractivity contribution in [3.63, 3.8) is 0 Å². The summed E-state index contributed by atoms with van der Waals surface area (Å²) < 4.78 is 16.2. The molecule has 0 amide bonds. The summed E-state index contributed by atoms with van der Waals surface area (Å²) in [4.78, 5) is 12.5. The van der Waals surface area contributed by atoms with Crippen LogP contribution in [0.3, 0.4) is 0 Å². The maximum Gasteiger partial charge on any atom is 0.195 e. The lowest BCUT2D eigenvalue weighted by molar-refractivity contribution is 0.0400. The molecule has 0 aliphatic carbocycles. The van der Waals surface area contributed by atoms with E-state index in [0.29, 0.717) is 37.5 Å². The molecule has 1 saturated heterocycles. The van der Waals surface area contributed by atoms with Crippen molar-refractivity contribution in [1.82, 2.24) is 0 Å². The van der Waals surface area contributed by atoms with Gasteiger partial charge in [0.2, 0.25) is 0 Å². The highest BCUT2D eigenvalue weighted by Gasteiger charge is 2.31. The van der Waals surface area contributed by atoms with Gasteiger partial charge in [-0.05, 0) is 25.0 Å². The molecule has 110 valence electrons. The van der Waals surface area contributed by atoms with Crippen LogP contribution >= 0.6 is 0 Å². The highest BCUT2D eigenvalue weighted by molar-refractivity contribution is 6.02. The fourth-order valence-corrected chi connectivity index (χ4v) is 2.28. The monoisotopic (exact) mass is 279 g/mol. The number of Topliss-reactive ketones (excluding diaryl/α,β-unsaturated/α-hetero) is 1. The number of carbonyl (C=O) groups excluding carboxylic acids is 1. The van der Waals surface area contributed by atoms with Gasteiger partial charge in [0.05, 0.1) is 18.3 Å². The van der Waals surface area contributed by atoms with Gasteiger partial charge in [-0.3, -0.25) is 4.79 Å². The highest BCUT2D eigenvalue weighted by Crippen LogP contribution is 2.26. The van der Waals surface area contributed by atoms with Crippen LogP contribution in [0.1, 0.15) is 23.2 Å². The van der Waals surface area contributed by atoms with Crippen LogP contribution < -0.4 is 10.5 Å². The molecular weight excluding hydrogens is 258 g/mol. The van der Waals surface area contributed by atoms with E-state index in [0.717, 1.165) is 6.42 Å². The molecule has 0 saturated carbocycles. The third-order valence-electron chi connectivity index (χ3n) is 3.36. The van der Waals surface area contributed by atoms with Gasteiger partial charge in [-0.2, -0.15) is 0 Å². The minimum atomic E-state index is -0.407. The molecule has 0 aromatic heterocycles. The first-order valence-electron chi connectivity index (χ1n) is 6.86. The Morgan fingerprint density at radius 2 is 2.15 bits per heavy atom. The third-order valence-corrected chi connectivity index (χ3v) is 3.36. The molecule has 1 aliphatic heterocycles. The number of rotatable bonds is 7. The van der Waals surface area contributed by atoms with Crippen LogP contribution in [-0.4, -0.2) is 44.9 Å². The Morgan fingerprint density at radius 1 is 1.35 bits per heavy atom. The first-order valence-corrected chi connectivity index (χ1v) is 6.86. The Labute approximate surface area is 119 Å². The van der Waals surface area contributed by atoms with Crippen molar-refractivity contribution in [1.29, 1.82) is 0 Å². The van der Waals surface area contributed by atoms with E-state index in [4.69, 9.17) is 19.9 Å². The van der Waals surface area contributed by atoms with Crippen LogP contribution in [0.25, 0.3) is 0 Å². The minimum absolute atomic E-state index is 0.00878. The zero-order valence-corrected chi connectivity index (χ0v) is 11.7. The quantitative estimate of drug-likeness (QED) is 0.603. The van der Waals surface area contributed by atoms with Gasteiger partial charge in [0.15, 0.2) is 5.78 Å². The Balaban J connectivity index is 2.05. The van der Waals surface area contributed by atoms with Crippen LogP contribution in [0.15, 0.2) is 24.3 Å². The second-order valence-electron chi connectivity index (χ2n) is 4.76. The number of ether oxygens (including phenoxy) is 3. The van der Waals surface area contributed by atoms with Crippen molar-refractivity contribution >= 4 is 5.78 Å². The van der Waals surface area contributed by atoms with Gasteiger partial charge in [0.1, 0.15) is 18.5 Å². The van der Waals surface area contributed by atoms with Gasteiger partial charge >= 0.3 is 0 Å². The summed E-state index contributed by atoms with van der Waals surface area (Å²) in [6.45, 7) is 1.35. The number of para-hydroxylation sites is 1. The molecule has 2 N–H and O–H groups in total. The molecule has 1 fully saturated rings. The number of nitrogens with two attached hydrogens (primary N) is 1. The molecule has 2 atom stereocenters. The van der Waals surface area contributed by atoms with Crippen LogP contribution in [-0.2, 0) is 9.47 Å². The fourth-order valence-electron chi connectivity index (χ4n) is 2.28. The second kappa shape index (κ2) is 7.38. The number of carbonyl (C=O) groups is 1. The third kappa shape index (κ3) is 3.56. The summed E-state index contributed by atoms with van der Waals surface area (Å²) in [6.07, 6.45) is 1.13. The lowest BCUT2D eigenvalue weighted by atomic mass is 10.0. The molecule has 5 nitrogen and oxygen atoms in total. The smallest absolute Gasteiger partial charge is 0.195 e. The van der Waals surface area contributed by atoms with E-state index < -0.39 is 6.10 Å². The van der Waals surface area contributed by atoms with Gasteiger partial charge in [-0.15, -0.1) is 0 Å². The number of hydrogen-bond donors (Lipinski definition) is 1. The first kappa shape index (κ1) is 15.0. The number of ketones is 1. The number of hydrogen-bond acceptors (Lipinski definition) is 5. The molecule has 2 unspecified atom stereocenters. The molecule has 1 aromatic carbocycles. The zero-order valence-electron chi connectivity index (χ0n) is 11.7. The SMILES string of the molecule is COCCOc1ccccc1C(=O)C1CCC(CN)O1. The summed E-state index contributed by atoms with van der Waals surface area (Å²) in [7, 11) is 1.61. The van der Waals surface area contributed by atoms with Crippen LogP contribution in [0.2, 0.25) is 0 Å². The molecule has 2 rings (SSSR count). The Hall–Kier alpha value is -1.43. The molecule has 1 aromatic rings. The standard InChI is InChI=1S/C15H21NO4/c1-18-8-9-19-13-5-3-2-4-12(13)15(17)14-7-6-11(10-16)20-14/h2-5,11,14H,6-10,16H2,1H3. The van der Waals surface area contributed by atoms with Gasteiger partial charge in [-0.25, -0.2) is 0 Å². The average Bonchev–Trinajstić information content (AvgIpc) is 2.96. The Kier molecular flexibility index (Phi) is 5.52. The number of benzene rings is 1. The van der Waals surface area contributed by atoms with Crippen molar-refractivity contribution in [3.8, 4) is 5.75 Å². The summed E-state index contributed by atoms with van der Waals surface area (Å²) in [5, 5.41) is 0. The maximum atomic E-state index is 12.5. The van der Waals surface area contributed by atoms with Gasteiger partial charge < -0.3 is 19.9 Å². The van der Waals surface area contributed by atoms with Gasteiger partial charge in [0.25, 0.3) is 0 Å². The average molecular weight is 279 g/mol. The van der Waals surface area contributed by atoms with Crippen molar-refractivity contribution in [2.75, 3.05) is 26.9 Å². The van der Waals surface area contributed by atoms with Crippen LogP contribution in [0, 0.1) is 0 Å². The van der Waals surface area contributed by atoms with E-state index >= 15 is 0 Å². The molecular formula is C15H21NO4. The predicted octanol–water partition coefficient (Wildman–Crippen LogP) is 1.40. The Bertz CT molecular complexity index is 449. The largest absolute Gasteiger partial charge is 0.490 e. The summed E-state index contributed by atoms with van der Waals surface area (Å²) in [5.41, 5.74) is 6.13. The highest BCUT2D eigenvalue weighted by atomic mass is 16.5. The maximum absolute atomic E-state index is 12.5. The van der Waals surface area contributed by atoms with E-state index in [-0.39, 0.29) is 11.9 Å². The number of methoxy groups -OCH3 is 1. The minimum Gasteiger partial charge on any atom is -0.490 e. The van der Waals surface area contributed by atoms with Crippen molar-refractivity contribution < 1.29 is 19.0 Å². The van der Waals surface area contributed by atoms with Crippen molar-refractivity contribution in [2.45, 2.75) is 25.0 Å². The molecule has 5 heteroatoms. The fraction of sp³-hybridized carbons (Fsp3) is 0.533. The lowest BCUT2D eigenvalue weighted by Crippen LogP contribution is -2.25. The molecule has 0 spiro atoms. The van der Waals surface area contributed by atoms with E-state index in [1.54, 1.807) is 19.2 Å². The van der Waals surface area contributed by atoms with E-state index in [2.05, 4.69) is 0 Å². The summed E-state index contributed by atoms with van der Waals surface area (Å²) in [6, 6.07) is 7.23. The van der Waals surface area contributed by atoms with Crippen molar-refractivity contribution in [3.05, 3.63) is 29.8 Å². The molecule has 1 heterocycles. The summed E-state index contributed by atoms with van der Waals surface area (Å²) >= 11 is 0. The van der Waals surface area contributed by atoms with Gasteiger partial charge in [0, 0.05) is 13.7 Å². The normalized spacial score (nSPS) is 21.9. The predicted molar refractivity (Wildman–Crippen MR) is 75.1 cm³/mol. The first-order chi connectivity index (χ1) is 9.76. The molecule has 1 aliphatic rings. The van der Waals surface area contributed by atoms with Crippen LogP contribution in [0.4, 0.5) is 0 Å². The molecule has 0 bridgehead atoms. The van der Waals surface area contributed by atoms with Crippen molar-refractivity contribution in [2.24, 2.45) is 5.73 Å². The topological polar surface area (TPSA) is 70.8 Å². The van der Waals surface area contributed by atoms with Crippen LogP contribution in [0.5, 0.6) is 5.75 Å². The Morgan fingerprint density at radius 3 is 2.85 bits per heavy atom. The molecule has 0 radical (unpaired) electrons. The lowest BCUT2D eigenvalue weighted by Gasteiger charge is -2.14. The van der Waals surface area contributed by atoms with E-state index in [9.17, 15) is 4.79 Å². The van der Waals surface area contributed by atoms with E-state index in [1.165, 1.54) is 0 Å². The zero-order chi connectivity index (χ0) is 14.4. The summed E-state index contributed by atoms with van der Waals surface area (Å²) in [5.74, 6) is 0.545. The van der Waals surface area contributed by atoms with Gasteiger partial charge in [-0.1, -0.05) is 12.1 Å². The second-order valence-corrected chi connectivity index (χ2v) is 4.76.